The lowest BCUT2D eigenvalue weighted by molar-refractivity contribution is 0.411. The molecule has 0 amide bonds. The maximum absolute atomic E-state index is 12.3. The molecule has 0 saturated carbocycles. The molecule has 2 aromatic carbocycles. The van der Waals surface area contributed by atoms with Gasteiger partial charge in [0.25, 0.3) is 0 Å². The van der Waals surface area contributed by atoms with Crippen molar-refractivity contribution < 1.29 is 8.95 Å². The fourth-order valence-corrected chi connectivity index (χ4v) is 3.30. The molecule has 0 bridgehead atoms. The van der Waals surface area contributed by atoms with E-state index in [1.165, 1.54) is 0 Å². The zero-order valence-electron chi connectivity index (χ0n) is 11.5. The van der Waals surface area contributed by atoms with Crippen LogP contribution in [0.25, 0.3) is 0 Å². The molecule has 3 nitrogen and oxygen atoms in total. The first kappa shape index (κ1) is 14.8. The lowest BCUT2D eigenvalue weighted by Crippen LogP contribution is -2.04. The summed E-state index contributed by atoms with van der Waals surface area (Å²) in [6.07, 6.45) is 0. The Morgan fingerprint density at radius 2 is 1.80 bits per heavy atom. The van der Waals surface area contributed by atoms with E-state index >= 15 is 0 Å². The Bertz CT molecular complexity index is 584. The minimum atomic E-state index is -0.965. The van der Waals surface area contributed by atoms with Crippen molar-refractivity contribution in [3.05, 3.63) is 65.2 Å². The Hall–Kier alpha value is -1.65. The van der Waals surface area contributed by atoms with Crippen LogP contribution < -0.4 is 10.5 Å². The van der Waals surface area contributed by atoms with Crippen LogP contribution in [0.15, 0.2) is 48.5 Å². The highest BCUT2D eigenvalue weighted by atomic mass is 32.2. The summed E-state index contributed by atoms with van der Waals surface area (Å²) >= 11 is 0. The summed E-state index contributed by atoms with van der Waals surface area (Å²) in [4.78, 5) is 0. The van der Waals surface area contributed by atoms with Gasteiger partial charge in [-0.3, -0.25) is 4.21 Å². The number of methoxy groups -OCH3 is 1. The van der Waals surface area contributed by atoms with Crippen LogP contribution in [-0.4, -0.2) is 11.3 Å². The van der Waals surface area contributed by atoms with Gasteiger partial charge in [-0.25, -0.2) is 0 Å². The van der Waals surface area contributed by atoms with E-state index in [4.69, 9.17) is 10.5 Å². The van der Waals surface area contributed by atoms with Crippen LogP contribution in [-0.2, 0) is 28.9 Å². The van der Waals surface area contributed by atoms with Crippen molar-refractivity contribution in [3.8, 4) is 5.75 Å². The second-order valence-corrected chi connectivity index (χ2v) is 6.02. The van der Waals surface area contributed by atoms with Crippen LogP contribution in [0.4, 0.5) is 0 Å². The van der Waals surface area contributed by atoms with Gasteiger partial charge in [0.05, 0.1) is 12.9 Å². The van der Waals surface area contributed by atoms with Crippen LogP contribution in [0.2, 0.25) is 0 Å². The summed E-state index contributed by atoms with van der Waals surface area (Å²) in [7, 11) is 0.661. The summed E-state index contributed by atoms with van der Waals surface area (Å²) in [6.45, 7) is 0.475. The van der Waals surface area contributed by atoms with E-state index in [2.05, 4.69) is 0 Å². The second-order valence-electron chi connectivity index (χ2n) is 4.56. The van der Waals surface area contributed by atoms with E-state index in [9.17, 15) is 4.21 Å². The molecule has 0 saturated heterocycles. The minimum Gasteiger partial charge on any atom is -0.496 e. The van der Waals surface area contributed by atoms with E-state index in [0.717, 1.165) is 22.4 Å². The highest BCUT2D eigenvalue weighted by molar-refractivity contribution is 7.83. The average molecular weight is 289 g/mol. The van der Waals surface area contributed by atoms with Crippen molar-refractivity contribution in [1.82, 2.24) is 0 Å². The zero-order valence-corrected chi connectivity index (χ0v) is 12.4. The summed E-state index contributed by atoms with van der Waals surface area (Å²) in [5.41, 5.74) is 8.71. The average Bonchev–Trinajstić information content (AvgIpc) is 2.48. The quantitative estimate of drug-likeness (QED) is 0.889. The molecular formula is C16H19NO2S. The Balaban J connectivity index is 2.10. The fraction of sp³-hybridized carbons (Fsp3) is 0.250. The van der Waals surface area contributed by atoms with Crippen LogP contribution in [0.3, 0.4) is 0 Å². The summed E-state index contributed by atoms with van der Waals surface area (Å²) in [6, 6.07) is 15.7. The molecular weight excluding hydrogens is 270 g/mol. The molecule has 0 aromatic heterocycles. The molecule has 1 atom stereocenters. The van der Waals surface area contributed by atoms with Crippen LogP contribution in [0, 0.1) is 0 Å². The highest BCUT2D eigenvalue weighted by Crippen LogP contribution is 2.22. The first-order chi connectivity index (χ1) is 9.72. The number of hydrogen-bond donors (Lipinski definition) is 1. The van der Waals surface area contributed by atoms with E-state index in [1.807, 2.05) is 48.5 Å². The molecule has 0 aliphatic carbocycles. The number of nitrogens with two attached hydrogens (primary N) is 1. The third-order valence-corrected chi connectivity index (χ3v) is 4.36. The predicted molar refractivity (Wildman–Crippen MR) is 82.9 cm³/mol. The van der Waals surface area contributed by atoms with Gasteiger partial charge >= 0.3 is 0 Å². The first-order valence-electron chi connectivity index (χ1n) is 6.47. The smallest absolute Gasteiger partial charge is 0.123 e. The zero-order chi connectivity index (χ0) is 14.4. The maximum atomic E-state index is 12.3. The van der Waals surface area contributed by atoms with Crippen molar-refractivity contribution >= 4 is 10.8 Å². The predicted octanol–water partition coefficient (Wildman–Crippen LogP) is 2.60. The van der Waals surface area contributed by atoms with E-state index in [1.54, 1.807) is 7.11 Å². The molecule has 0 aliphatic heterocycles. The first-order valence-corrected chi connectivity index (χ1v) is 7.96. The van der Waals surface area contributed by atoms with Crippen molar-refractivity contribution in [3.63, 3.8) is 0 Å². The third-order valence-electron chi connectivity index (χ3n) is 3.07. The Kier molecular flexibility index (Phi) is 5.32. The topological polar surface area (TPSA) is 52.3 Å². The van der Waals surface area contributed by atoms with E-state index < -0.39 is 10.8 Å². The van der Waals surface area contributed by atoms with Crippen molar-refractivity contribution in [2.75, 3.05) is 7.11 Å². The minimum absolute atomic E-state index is 0.475. The van der Waals surface area contributed by atoms with Crippen LogP contribution >= 0.6 is 0 Å². The summed E-state index contributed by atoms with van der Waals surface area (Å²) < 4.78 is 17.6. The van der Waals surface area contributed by atoms with E-state index in [0.29, 0.717) is 18.1 Å². The van der Waals surface area contributed by atoms with Crippen LogP contribution in [0.1, 0.15) is 16.7 Å². The summed E-state index contributed by atoms with van der Waals surface area (Å²) in [5.74, 6) is 1.80. The standard InChI is InChI=1S/C16H19NO2S/c1-19-16-8-7-14(10-17)9-15(16)12-20(18)11-13-5-3-2-4-6-13/h2-9H,10-12,17H2,1H3. The number of benzene rings is 2. The largest absolute Gasteiger partial charge is 0.496 e. The number of rotatable bonds is 6. The molecule has 0 radical (unpaired) electrons. The number of hydrogen-bond acceptors (Lipinski definition) is 3. The Morgan fingerprint density at radius 3 is 2.45 bits per heavy atom. The van der Waals surface area contributed by atoms with Gasteiger partial charge in [-0.1, -0.05) is 36.4 Å². The lowest BCUT2D eigenvalue weighted by atomic mass is 10.1. The van der Waals surface area contributed by atoms with E-state index in [-0.39, 0.29) is 0 Å². The van der Waals surface area contributed by atoms with Crippen molar-refractivity contribution in [1.29, 1.82) is 0 Å². The molecule has 106 valence electrons. The highest BCUT2D eigenvalue weighted by Gasteiger charge is 2.09. The monoisotopic (exact) mass is 289 g/mol. The maximum Gasteiger partial charge on any atom is 0.123 e. The van der Waals surface area contributed by atoms with Gasteiger partial charge in [-0.15, -0.1) is 0 Å². The van der Waals surface area contributed by atoms with Crippen molar-refractivity contribution in [2.45, 2.75) is 18.1 Å². The molecule has 0 fully saturated rings. The molecule has 2 rings (SSSR count). The second kappa shape index (κ2) is 7.22. The molecule has 2 N–H and O–H groups in total. The molecule has 0 spiro atoms. The van der Waals surface area contributed by atoms with Gasteiger partial charge in [0.15, 0.2) is 0 Å². The van der Waals surface area contributed by atoms with Gasteiger partial charge < -0.3 is 10.5 Å². The SMILES string of the molecule is COc1ccc(CN)cc1CS(=O)Cc1ccccc1. The lowest BCUT2D eigenvalue weighted by Gasteiger charge is -2.10. The van der Waals surface area contributed by atoms with Gasteiger partial charge in [-0.2, -0.15) is 0 Å². The molecule has 0 heterocycles. The molecule has 4 heteroatoms. The Labute approximate surface area is 122 Å². The normalized spacial score (nSPS) is 12.1. The van der Waals surface area contributed by atoms with Gasteiger partial charge in [0, 0.05) is 28.7 Å². The third kappa shape index (κ3) is 3.92. The van der Waals surface area contributed by atoms with Gasteiger partial charge in [0.2, 0.25) is 0 Å². The molecule has 20 heavy (non-hydrogen) atoms. The van der Waals surface area contributed by atoms with Gasteiger partial charge in [0.1, 0.15) is 5.75 Å². The number of ether oxygens (including phenoxy) is 1. The molecule has 0 aliphatic rings. The summed E-state index contributed by atoms with van der Waals surface area (Å²) in [5, 5.41) is 0. The van der Waals surface area contributed by atoms with Crippen molar-refractivity contribution in [2.24, 2.45) is 5.73 Å². The Morgan fingerprint density at radius 1 is 1.05 bits per heavy atom. The fourth-order valence-electron chi connectivity index (χ4n) is 2.06. The molecule has 2 aromatic rings. The van der Waals surface area contributed by atoms with Gasteiger partial charge in [-0.05, 0) is 23.3 Å². The van der Waals surface area contributed by atoms with Crippen LogP contribution in [0.5, 0.6) is 5.75 Å². The molecule has 1 unspecified atom stereocenters.